The molecule has 132 valence electrons. The Morgan fingerprint density at radius 3 is 2.42 bits per heavy atom. The van der Waals surface area contributed by atoms with Crippen LogP contribution < -0.4 is 21.9 Å². The summed E-state index contributed by atoms with van der Waals surface area (Å²) in [7, 11) is 0. The van der Waals surface area contributed by atoms with E-state index in [4.69, 9.17) is 5.73 Å². The molecule has 0 aliphatic heterocycles. The fourth-order valence-electron chi connectivity index (χ4n) is 2.21. The first-order chi connectivity index (χ1) is 12.6. The Labute approximate surface area is 149 Å². The van der Waals surface area contributed by atoms with E-state index in [-0.39, 0.29) is 11.5 Å². The van der Waals surface area contributed by atoms with E-state index in [2.05, 4.69) is 26.1 Å². The molecule has 0 saturated carbocycles. The maximum Gasteiger partial charge on any atom is 0.269 e. The van der Waals surface area contributed by atoms with Crippen LogP contribution in [0.5, 0.6) is 0 Å². The number of halogens is 1. The Balaban J connectivity index is 1.63. The largest absolute Gasteiger partial charge is 0.393 e. The Morgan fingerprint density at radius 1 is 1.00 bits per heavy atom. The minimum absolute atomic E-state index is 0.256. The van der Waals surface area contributed by atoms with Gasteiger partial charge in [-0.25, -0.2) is 14.4 Å². The number of benzene rings is 2. The molecule has 0 bridgehead atoms. The van der Waals surface area contributed by atoms with Gasteiger partial charge >= 0.3 is 0 Å². The Kier molecular flexibility index (Phi) is 5.23. The lowest BCUT2D eigenvalue weighted by Crippen LogP contribution is -2.30. The van der Waals surface area contributed by atoms with E-state index in [1.807, 2.05) is 30.3 Å². The van der Waals surface area contributed by atoms with Gasteiger partial charge in [-0.1, -0.05) is 30.3 Å². The van der Waals surface area contributed by atoms with Crippen LogP contribution in [0.4, 0.5) is 21.7 Å². The number of anilines is 3. The quantitative estimate of drug-likeness (QED) is 0.508. The number of aromatic nitrogens is 2. The first-order valence-electron chi connectivity index (χ1n) is 7.83. The first-order valence-corrected chi connectivity index (χ1v) is 7.83. The second-order valence-electron chi connectivity index (χ2n) is 5.41. The maximum absolute atomic E-state index is 12.9. The fourth-order valence-corrected chi connectivity index (χ4v) is 2.21. The second kappa shape index (κ2) is 7.93. The zero-order chi connectivity index (χ0) is 18.4. The highest BCUT2D eigenvalue weighted by Crippen LogP contribution is 2.22. The highest BCUT2D eigenvalue weighted by molar-refractivity contribution is 5.95. The van der Waals surface area contributed by atoms with Crippen molar-refractivity contribution in [1.82, 2.24) is 15.4 Å². The van der Waals surface area contributed by atoms with Gasteiger partial charge in [0.1, 0.15) is 17.8 Å². The van der Waals surface area contributed by atoms with Crippen molar-refractivity contribution in [3.63, 3.8) is 0 Å². The topological polar surface area (TPSA) is 105 Å². The van der Waals surface area contributed by atoms with Crippen molar-refractivity contribution in [3.05, 3.63) is 77.9 Å². The van der Waals surface area contributed by atoms with Crippen molar-refractivity contribution in [3.8, 4) is 0 Å². The Bertz CT molecular complexity index is 886. The maximum atomic E-state index is 12.9. The lowest BCUT2D eigenvalue weighted by molar-refractivity contribution is 0.0962. The number of nitrogens with one attached hydrogen (secondary N) is 3. The first kappa shape index (κ1) is 17.2. The summed E-state index contributed by atoms with van der Waals surface area (Å²) < 4.78 is 12.9. The summed E-state index contributed by atoms with van der Waals surface area (Å²) in [5, 5.41) is 3.12. The van der Waals surface area contributed by atoms with Gasteiger partial charge in [0, 0.05) is 12.1 Å². The average molecular weight is 352 g/mol. The number of amides is 1. The van der Waals surface area contributed by atoms with E-state index >= 15 is 0 Å². The molecule has 0 fully saturated rings. The summed E-state index contributed by atoms with van der Waals surface area (Å²) in [5.74, 6) is -0.154. The lowest BCUT2D eigenvalue weighted by atomic mass is 10.2. The second-order valence-corrected chi connectivity index (χ2v) is 5.41. The van der Waals surface area contributed by atoms with Gasteiger partial charge in [-0.2, -0.15) is 0 Å². The lowest BCUT2D eigenvalue weighted by Gasteiger charge is -2.13. The summed E-state index contributed by atoms with van der Waals surface area (Å²) >= 11 is 0. The number of nitrogen functional groups attached to an aromatic ring is 1. The third-order valence-electron chi connectivity index (χ3n) is 3.59. The SMILES string of the molecule is Nc1c(NCc2ccccc2)ncnc1NNC(=O)c1ccc(F)cc1. The summed E-state index contributed by atoms with van der Waals surface area (Å²) in [6, 6.07) is 15.0. The number of carbonyl (C=O) groups is 1. The molecular formula is C18H17FN6O. The zero-order valence-electron chi connectivity index (χ0n) is 13.7. The molecule has 0 radical (unpaired) electrons. The van der Waals surface area contributed by atoms with Crippen LogP contribution in [0.1, 0.15) is 15.9 Å². The summed E-state index contributed by atoms with van der Waals surface area (Å²) in [5.41, 5.74) is 12.8. The number of rotatable bonds is 6. The van der Waals surface area contributed by atoms with Gasteiger partial charge in [0.05, 0.1) is 0 Å². The van der Waals surface area contributed by atoms with Crippen molar-refractivity contribution in [2.24, 2.45) is 0 Å². The summed E-state index contributed by atoms with van der Waals surface area (Å²) in [4.78, 5) is 20.2. The van der Waals surface area contributed by atoms with Gasteiger partial charge in [-0.15, -0.1) is 0 Å². The minimum Gasteiger partial charge on any atom is -0.393 e. The van der Waals surface area contributed by atoms with E-state index < -0.39 is 11.7 Å². The van der Waals surface area contributed by atoms with Crippen molar-refractivity contribution in [2.75, 3.05) is 16.5 Å². The van der Waals surface area contributed by atoms with Crippen LogP contribution in [0.3, 0.4) is 0 Å². The zero-order valence-corrected chi connectivity index (χ0v) is 13.7. The smallest absolute Gasteiger partial charge is 0.269 e. The highest BCUT2D eigenvalue weighted by atomic mass is 19.1. The molecule has 0 saturated heterocycles. The molecule has 7 nitrogen and oxygen atoms in total. The van der Waals surface area contributed by atoms with Gasteiger partial charge < -0.3 is 11.1 Å². The Morgan fingerprint density at radius 2 is 1.69 bits per heavy atom. The number of hydrogen-bond acceptors (Lipinski definition) is 6. The molecule has 3 aromatic rings. The predicted octanol–water partition coefficient (Wildman–Crippen LogP) is 2.57. The molecule has 1 amide bonds. The van der Waals surface area contributed by atoms with Gasteiger partial charge in [0.15, 0.2) is 11.6 Å². The minimum atomic E-state index is -0.443. The van der Waals surface area contributed by atoms with E-state index in [0.29, 0.717) is 17.9 Å². The van der Waals surface area contributed by atoms with Crippen molar-refractivity contribution < 1.29 is 9.18 Å². The van der Waals surface area contributed by atoms with E-state index in [9.17, 15) is 9.18 Å². The summed E-state index contributed by atoms with van der Waals surface area (Å²) in [6.45, 7) is 0.545. The Hall–Kier alpha value is -3.68. The van der Waals surface area contributed by atoms with Gasteiger partial charge in [0.2, 0.25) is 0 Å². The normalized spacial score (nSPS) is 10.2. The highest BCUT2D eigenvalue weighted by Gasteiger charge is 2.10. The van der Waals surface area contributed by atoms with Gasteiger partial charge in [0.25, 0.3) is 5.91 Å². The van der Waals surface area contributed by atoms with Crippen LogP contribution in [-0.4, -0.2) is 15.9 Å². The van der Waals surface area contributed by atoms with Crippen LogP contribution in [-0.2, 0) is 6.54 Å². The molecular weight excluding hydrogens is 335 g/mol. The van der Waals surface area contributed by atoms with Gasteiger partial charge in [-0.3, -0.25) is 15.6 Å². The van der Waals surface area contributed by atoms with Crippen LogP contribution in [0.2, 0.25) is 0 Å². The average Bonchev–Trinajstić information content (AvgIpc) is 2.67. The van der Waals surface area contributed by atoms with Crippen molar-refractivity contribution >= 4 is 23.2 Å². The molecule has 3 rings (SSSR count). The van der Waals surface area contributed by atoms with Crippen LogP contribution in [0.15, 0.2) is 60.9 Å². The van der Waals surface area contributed by atoms with Crippen LogP contribution >= 0.6 is 0 Å². The number of nitrogens with zero attached hydrogens (tertiary/aromatic N) is 2. The third kappa shape index (κ3) is 4.23. The molecule has 8 heteroatoms. The number of carbonyl (C=O) groups excluding carboxylic acids is 1. The molecule has 2 aromatic carbocycles. The standard InChI is InChI=1S/C18H17FN6O/c19-14-8-6-13(7-9-14)18(26)25-24-17-15(20)16(22-11-23-17)21-10-12-4-2-1-3-5-12/h1-9,11H,10,20H2,(H,25,26)(H2,21,22,23,24). The number of hydrogen-bond donors (Lipinski definition) is 4. The monoisotopic (exact) mass is 352 g/mol. The fraction of sp³-hybridized carbons (Fsp3) is 0.0556. The van der Waals surface area contributed by atoms with Crippen LogP contribution in [0, 0.1) is 5.82 Å². The summed E-state index contributed by atoms with van der Waals surface area (Å²) in [6.07, 6.45) is 1.33. The van der Waals surface area contributed by atoms with Crippen molar-refractivity contribution in [2.45, 2.75) is 6.54 Å². The molecule has 1 heterocycles. The molecule has 0 atom stereocenters. The molecule has 1 aromatic heterocycles. The van der Waals surface area contributed by atoms with E-state index in [1.54, 1.807) is 0 Å². The number of nitrogens with two attached hydrogens (primary N) is 1. The van der Waals surface area contributed by atoms with E-state index in [1.165, 1.54) is 30.6 Å². The van der Waals surface area contributed by atoms with Gasteiger partial charge in [-0.05, 0) is 29.8 Å². The van der Waals surface area contributed by atoms with E-state index in [0.717, 1.165) is 5.56 Å². The van der Waals surface area contributed by atoms with Crippen molar-refractivity contribution in [1.29, 1.82) is 0 Å². The number of hydrazine groups is 1. The molecule has 0 aliphatic carbocycles. The van der Waals surface area contributed by atoms with Crippen LogP contribution in [0.25, 0.3) is 0 Å². The molecule has 5 N–H and O–H groups in total. The molecule has 0 aliphatic rings. The molecule has 0 spiro atoms. The predicted molar refractivity (Wildman–Crippen MR) is 97.7 cm³/mol. The molecule has 26 heavy (non-hydrogen) atoms. The third-order valence-corrected chi connectivity index (χ3v) is 3.59. The molecule has 0 unspecified atom stereocenters.